The van der Waals surface area contributed by atoms with Crippen LogP contribution in [-0.4, -0.2) is 20.5 Å². The third-order valence-corrected chi connectivity index (χ3v) is 6.29. The largest absolute Gasteiger partial charge is 0.495 e. The van der Waals surface area contributed by atoms with Crippen molar-refractivity contribution in [3.63, 3.8) is 0 Å². The highest BCUT2D eigenvalue weighted by Crippen LogP contribution is 2.33. The van der Waals surface area contributed by atoms with Crippen LogP contribution in [0, 0.1) is 0 Å². The van der Waals surface area contributed by atoms with Crippen molar-refractivity contribution in [3.05, 3.63) is 33.2 Å². The predicted molar refractivity (Wildman–Crippen MR) is 85.6 cm³/mol. The Morgan fingerprint density at radius 2 is 2.19 bits per heavy atom. The van der Waals surface area contributed by atoms with E-state index in [1.54, 1.807) is 12.1 Å². The highest BCUT2D eigenvalue weighted by atomic mass is 79.9. The highest BCUT2D eigenvalue weighted by molar-refractivity contribution is 9.10. The number of aromatic nitrogens is 1. The first-order valence-corrected chi connectivity index (χ1v) is 9.44. The Labute approximate surface area is 135 Å². The van der Waals surface area contributed by atoms with Gasteiger partial charge in [0.15, 0.2) is 5.13 Å². The lowest BCUT2D eigenvalue weighted by Gasteiger charge is -2.10. The van der Waals surface area contributed by atoms with Crippen molar-refractivity contribution < 1.29 is 13.2 Å². The molecule has 0 aliphatic heterocycles. The van der Waals surface area contributed by atoms with Gasteiger partial charge in [0, 0.05) is 9.35 Å². The molecule has 1 aliphatic rings. The Kier molecular flexibility index (Phi) is 3.94. The lowest BCUT2D eigenvalue weighted by molar-refractivity contribution is 0.403. The number of ether oxygens (including phenoxy) is 1. The molecular formula is C13H13BrN2O3S2. The first kappa shape index (κ1) is 14.8. The van der Waals surface area contributed by atoms with E-state index in [-0.39, 0.29) is 4.90 Å². The maximum absolute atomic E-state index is 12.5. The van der Waals surface area contributed by atoms with E-state index in [0.717, 1.165) is 25.0 Å². The molecule has 0 atom stereocenters. The molecule has 0 amide bonds. The zero-order chi connectivity index (χ0) is 15.0. The molecule has 112 valence electrons. The molecule has 0 radical (unpaired) electrons. The maximum atomic E-state index is 12.5. The molecule has 2 aromatic rings. The van der Waals surface area contributed by atoms with E-state index >= 15 is 0 Å². The third kappa shape index (κ3) is 2.93. The summed E-state index contributed by atoms with van der Waals surface area (Å²) in [4.78, 5) is 5.62. The SMILES string of the molecule is COc1ccc(Br)cc1S(=O)(=O)Nc1nc2c(s1)CCC2. The minimum absolute atomic E-state index is 0.0923. The van der Waals surface area contributed by atoms with Crippen LogP contribution in [0.2, 0.25) is 0 Å². The molecule has 0 unspecified atom stereocenters. The van der Waals surface area contributed by atoms with Gasteiger partial charge in [-0.1, -0.05) is 15.9 Å². The fraction of sp³-hybridized carbons (Fsp3) is 0.308. The molecule has 0 bridgehead atoms. The Morgan fingerprint density at radius 1 is 1.38 bits per heavy atom. The fourth-order valence-corrected chi connectivity index (χ4v) is 5.26. The number of nitrogens with zero attached hydrogens (tertiary/aromatic N) is 1. The van der Waals surface area contributed by atoms with Crippen LogP contribution in [0.1, 0.15) is 17.0 Å². The van der Waals surface area contributed by atoms with E-state index in [2.05, 4.69) is 25.6 Å². The summed E-state index contributed by atoms with van der Waals surface area (Å²) in [6.07, 6.45) is 3.00. The molecule has 0 spiro atoms. The second-order valence-corrected chi connectivity index (χ2v) is 8.29. The van der Waals surface area contributed by atoms with Gasteiger partial charge < -0.3 is 4.74 Å². The second kappa shape index (κ2) is 5.58. The number of sulfonamides is 1. The summed E-state index contributed by atoms with van der Waals surface area (Å²) in [5, 5.41) is 0.418. The average molecular weight is 389 g/mol. The van der Waals surface area contributed by atoms with E-state index in [9.17, 15) is 8.42 Å². The number of hydrogen-bond acceptors (Lipinski definition) is 5. The number of benzene rings is 1. The Bertz CT molecular complexity index is 765. The monoisotopic (exact) mass is 388 g/mol. The van der Waals surface area contributed by atoms with Crippen molar-refractivity contribution >= 4 is 42.4 Å². The number of thiazole rings is 1. The van der Waals surface area contributed by atoms with Crippen molar-refractivity contribution in [2.45, 2.75) is 24.2 Å². The van der Waals surface area contributed by atoms with Crippen LogP contribution in [0.15, 0.2) is 27.6 Å². The molecule has 1 N–H and O–H groups in total. The normalized spacial score (nSPS) is 14.0. The highest BCUT2D eigenvalue weighted by Gasteiger charge is 2.23. The van der Waals surface area contributed by atoms with Gasteiger partial charge in [0.05, 0.1) is 12.8 Å². The Morgan fingerprint density at radius 3 is 2.90 bits per heavy atom. The van der Waals surface area contributed by atoms with Gasteiger partial charge in [0.25, 0.3) is 10.0 Å². The molecule has 0 saturated carbocycles. The van der Waals surface area contributed by atoms with Gasteiger partial charge in [-0.05, 0) is 37.5 Å². The maximum Gasteiger partial charge on any atom is 0.267 e. The number of hydrogen-bond donors (Lipinski definition) is 1. The molecule has 8 heteroatoms. The van der Waals surface area contributed by atoms with Gasteiger partial charge in [-0.25, -0.2) is 13.4 Å². The summed E-state index contributed by atoms with van der Waals surface area (Å²) >= 11 is 4.69. The molecule has 1 heterocycles. The number of nitrogens with one attached hydrogen (secondary N) is 1. The molecule has 1 aliphatic carbocycles. The Hall–Kier alpha value is -1.12. The lowest BCUT2D eigenvalue weighted by atomic mass is 10.3. The van der Waals surface area contributed by atoms with E-state index in [4.69, 9.17) is 4.74 Å². The topological polar surface area (TPSA) is 68.3 Å². The summed E-state index contributed by atoms with van der Waals surface area (Å²) in [5.74, 6) is 0.301. The molecule has 5 nitrogen and oxygen atoms in total. The summed E-state index contributed by atoms with van der Waals surface area (Å²) in [6, 6.07) is 4.86. The van der Waals surface area contributed by atoms with Gasteiger partial charge in [0.1, 0.15) is 10.6 Å². The standard InChI is InChI=1S/C13H13BrN2O3S2/c1-19-10-6-5-8(14)7-12(10)21(17,18)16-13-15-9-3-2-4-11(9)20-13/h5-7H,2-4H2,1H3,(H,15,16). The molecule has 0 saturated heterocycles. The number of methoxy groups -OCH3 is 1. The Balaban J connectivity index is 1.94. The quantitative estimate of drug-likeness (QED) is 0.872. The molecular weight excluding hydrogens is 376 g/mol. The van der Waals surface area contributed by atoms with Crippen LogP contribution in [0.25, 0.3) is 0 Å². The summed E-state index contributed by atoms with van der Waals surface area (Å²) in [7, 11) is -2.28. The van der Waals surface area contributed by atoms with Crippen LogP contribution in [0.5, 0.6) is 5.75 Å². The molecule has 1 aromatic heterocycles. The summed E-state index contributed by atoms with van der Waals surface area (Å²) in [5.41, 5.74) is 1.01. The molecule has 0 fully saturated rings. The molecule has 3 rings (SSSR count). The molecule has 1 aromatic carbocycles. The van der Waals surface area contributed by atoms with Gasteiger partial charge in [0.2, 0.25) is 0 Å². The smallest absolute Gasteiger partial charge is 0.267 e. The van der Waals surface area contributed by atoms with Gasteiger partial charge in [-0.3, -0.25) is 4.72 Å². The minimum Gasteiger partial charge on any atom is -0.495 e. The van der Waals surface area contributed by atoms with Crippen LogP contribution in [0.4, 0.5) is 5.13 Å². The number of fused-ring (bicyclic) bond motifs is 1. The molecule has 21 heavy (non-hydrogen) atoms. The second-order valence-electron chi connectivity index (χ2n) is 4.64. The van der Waals surface area contributed by atoms with Gasteiger partial charge in [-0.15, -0.1) is 11.3 Å². The van der Waals surface area contributed by atoms with Crippen LogP contribution >= 0.6 is 27.3 Å². The van der Waals surface area contributed by atoms with Crippen molar-refractivity contribution in [1.29, 1.82) is 0 Å². The third-order valence-electron chi connectivity index (χ3n) is 3.23. The van der Waals surface area contributed by atoms with Crippen molar-refractivity contribution in [3.8, 4) is 5.75 Å². The van der Waals surface area contributed by atoms with Crippen molar-refractivity contribution in [2.24, 2.45) is 0 Å². The zero-order valence-electron chi connectivity index (χ0n) is 11.2. The fourth-order valence-electron chi connectivity index (χ4n) is 2.26. The first-order chi connectivity index (χ1) is 9.99. The van der Waals surface area contributed by atoms with E-state index in [0.29, 0.717) is 15.4 Å². The summed E-state index contributed by atoms with van der Waals surface area (Å²) < 4.78 is 33.4. The average Bonchev–Trinajstić information content (AvgIpc) is 2.99. The van der Waals surface area contributed by atoms with Crippen LogP contribution in [-0.2, 0) is 22.9 Å². The predicted octanol–water partition coefficient (Wildman–Crippen LogP) is 3.20. The lowest BCUT2D eigenvalue weighted by Crippen LogP contribution is -2.14. The van der Waals surface area contributed by atoms with Gasteiger partial charge in [-0.2, -0.15) is 0 Å². The van der Waals surface area contributed by atoms with Crippen LogP contribution < -0.4 is 9.46 Å². The van der Waals surface area contributed by atoms with Crippen molar-refractivity contribution in [2.75, 3.05) is 11.8 Å². The zero-order valence-corrected chi connectivity index (χ0v) is 14.4. The minimum atomic E-state index is -3.72. The van der Waals surface area contributed by atoms with Crippen molar-refractivity contribution in [1.82, 2.24) is 4.98 Å². The number of rotatable bonds is 4. The number of anilines is 1. The van der Waals surface area contributed by atoms with Gasteiger partial charge >= 0.3 is 0 Å². The number of halogens is 1. The van der Waals surface area contributed by atoms with E-state index in [1.165, 1.54) is 29.4 Å². The number of aryl methyl sites for hydroxylation is 2. The summed E-state index contributed by atoms with van der Waals surface area (Å²) in [6.45, 7) is 0. The van der Waals surface area contributed by atoms with E-state index < -0.39 is 10.0 Å². The van der Waals surface area contributed by atoms with Crippen LogP contribution in [0.3, 0.4) is 0 Å². The first-order valence-electron chi connectivity index (χ1n) is 6.34. The van der Waals surface area contributed by atoms with E-state index in [1.807, 2.05) is 0 Å².